The van der Waals surface area contributed by atoms with Gasteiger partial charge in [0.05, 0.1) is 6.61 Å². The summed E-state index contributed by atoms with van der Waals surface area (Å²) in [4.78, 5) is 15.9. The van der Waals surface area contributed by atoms with Crippen molar-refractivity contribution >= 4 is 5.91 Å². The third kappa shape index (κ3) is 4.03. The highest BCUT2D eigenvalue weighted by atomic mass is 16.5. The number of amides is 1. The van der Waals surface area contributed by atoms with Gasteiger partial charge in [-0.1, -0.05) is 6.92 Å². The van der Waals surface area contributed by atoms with Crippen molar-refractivity contribution in [3.63, 3.8) is 0 Å². The van der Waals surface area contributed by atoms with Crippen LogP contribution in [0.5, 0.6) is 5.88 Å². The van der Waals surface area contributed by atoms with Gasteiger partial charge in [-0.15, -0.1) is 0 Å². The number of nitrogens with one attached hydrogen (secondary N) is 1. The van der Waals surface area contributed by atoms with Gasteiger partial charge in [-0.3, -0.25) is 4.79 Å². The molecular weight excluding hydrogens is 220 g/mol. The summed E-state index contributed by atoms with van der Waals surface area (Å²) in [7, 11) is 0. The zero-order valence-electron chi connectivity index (χ0n) is 10.1. The van der Waals surface area contributed by atoms with E-state index in [1.54, 1.807) is 18.3 Å². The van der Waals surface area contributed by atoms with Crippen LogP contribution in [0, 0.1) is 5.92 Å². The Morgan fingerprint density at radius 2 is 2.41 bits per heavy atom. The first-order valence-corrected chi connectivity index (χ1v) is 5.65. The van der Waals surface area contributed by atoms with E-state index in [1.165, 1.54) is 0 Å². The Kier molecular flexibility index (Phi) is 5.42. The molecule has 0 aliphatic rings. The molecule has 1 unspecified atom stereocenters. The first-order valence-electron chi connectivity index (χ1n) is 5.65. The molecule has 0 bridgehead atoms. The molecule has 1 aromatic heterocycles. The van der Waals surface area contributed by atoms with Gasteiger partial charge in [-0.25, -0.2) is 4.98 Å². The van der Waals surface area contributed by atoms with E-state index in [0.717, 1.165) is 0 Å². The molecule has 0 aromatic carbocycles. The van der Waals surface area contributed by atoms with E-state index >= 15 is 0 Å². The van der Waals surface area contributed by atoms with Gasteiger partial charge in [0, 0.05) is 19.3 Å². The molecule has 0 saturated heterocycles. The van der Waals surface area contributed by atoms with Gasteiger partial charge >= 0.3 is 0 Å². The Morgan fingerprint density at radius 3 is 3.06 bits per heavy atom. The fourth-order valence-corrected chi connectivity index (χ4v) is 1.24. The molecule has 0 aliphatic heterocycles. The molecule has 0 radical (unpaired) electrons. The van der Waals surface area contributed by atoms with E-state index in [0.29, 0.717) is 24.6 Å². The number of hydrogen-bond acceptors (Lipinski definition) is 4. The van der Waals surface area contributed by atoms with Crippen LogP contribution in [0.15, 0.2) is 18.3 Å². The minimum atomic E-state index is -0.234. The monoisotopic (exact) mass is 238 g/mol. The smallest absolute Gasteiger partial charge is 0.256 e. The maximum atomic E-state index is 11.8. The molecule has 5 nitrogen and oxygen atoms in total. The number of nitrogens with zero attached hydrogens (tertiary/aromatic N) is 1. The Balaban J connectivity index is 2.67. The van der Waals surface area contributed by atoms with Crippen LogP contribution in [0.25, 0.3) is 0 Å². The minimum Gasteiger partial charge on any atom is -0.477 e. The highest BCUT2D eigenvalue weighted by Crippen LogP contribution is 2.13. The molecule has 0 spiro atoms. The van der Waals surface area contributed by atoms with Crippen LogP contribution in [0.4, 0.5) is 0 Å². The summed E-state index contributed by atoms with van der Waals surface area (Å²) in [5.74, 6) is 0.136. The lowest BCUT2D eigenvalue weighted by molar-refractivity contribution is 0.0937. The predicted octanol–water partition coefficient (Wildman–Crippen LogP) is 0.838. The Hall–Kier alpha value is -1.62. The number of ether oxygens (including phenoxy) is 1. The number of aromatic nitrogens is 1. The Labute approximate surface area is 101 Å². The lowest BCUT2D eigenvalue weighted by Crippen LogP contribution is -2.30. The third-order valence-corrected chi connectivity index (χ3v) is 2.22. The zero-order chi connectivity index (χ0) is 12.7. The van der Waals surface area contributed by atoms with Crippen molar-refractivity contribution in [2.24, 2.45) is 5.92 Å². The molecule has 1 amide bonds. The van der Waals surface area contributed by atoms with Crippen molar-refractivity contribution in [3.8, 4) is 5.88 Å². The van der Waals surface area contributed by atoms with E-state index in [2.05, 4.69) is 10.3 Å². The third-order valence-electron chi connectivity index (χ3n) is 2.22. The molecule has 1 rings (SSSR count). The second kappa shape index (κ2) is 6.85. The fourth-order valence-electron chi connectivity index (χ4n) is 1.24. The summed E-state index contributed by atoms with van der Waals surface area (Å²) in [6.07, 6.45) is 1.58. The average Bonchev–Trinajstić information content (AvgIpc) is 2.36. The van der Waals surface area contributed by atoms with E-state index in [-0.39, 0.29) is 18.4 Å². The number of aliphatic hydroxyl groups is 1. The SMILES string of the molecule is CCOc1ncccc1C(=O)NCC(C)CO. The van der Waals surface area contributed by atoms with Crippen molar-refractivity contribution in [3.05, 3.63) is 23.9 Å². The van der Waals surface area contributed by atoms with Crippen molar-refractivity contribution in [2.75, 3.05) is 19.8 Å². The number of hydrogen-bond donors (Lipinski definition) is 2. The standard InChI is InChI=1S/C12H18N2O3/c1-3-17-12-10(5-4-6-13-12)11(16)14-7-9(2)8-15/h4-6,9,15H,3,7-8H2,1-2H3,(H,14,16). The quantitative estimate of drug-likeness (QED) is 0.770. The number of aliphatic hydroxyl groups excluding tert-OH is 1. The van der Waals surface area contributed by atoms with Gasteiger partial charge in [0.15, 0.2) is 0 Å². The largest absolute Gasteiger partial charge is 0.477 e. The van der Waals surface area contributed by atoms with Crippen LogP contribution >= 0.6 is 0 Å². The van der Waals surface area contributed by atoms with Crippen LogP contribution < -0.4 is 10.1 Å². The summed E-state index contributed by atoms with van der Waals surface area (Å²) < 4.78 is 5.27. The van der Waals surface area contributed by atoms with E-state index < -0.39 is 0 Å². The molecule has 2 N–H and O–H groups in total. The van der Waals surface area contributed by atoms with E-state index in [9.17, 15) is 4.79 Å². The number of rotatable bonds is 6. The van der Waals surface area contributed by atoms with Gasteiger partial charge < -0.3 is 15.2 Å². The number of carbonyl (C=O) groups is 1. The average molecular weight is 238 g/mol. The second-order valence-electron chi connectivity index (χ2n) is 3.79. The summed E-state index contributed by atoms with van der Waals surface area (Å²) in [5, 5.41) is 11.6. The lowest BCUT2D eigenvalue weighted by Gasteiger charge is -2.11. The molecule has 5 heteroatoms. The maximum Gasteiger partial charge on any atom is 0.256 e. The van der Waals surface area contributed by atoms with E-state index in [1.807, 2.05) is 13.8 Å². The highest BCUT2D eigenvalue weighted by molar-refractivity contribution is 5.96. The van der Waals surface area contributed by atoms with Gasteiger partial charge in [-0.2, -0.15) is 0 Å². The van der Waals surface area contributed by atoms with Gasteiger partial charge in [-0.05, 0) is 25.0 Å². The highest BCUT2D eigenvalue weighted by Gasteiger charge is 2.13. The number of carbonyl (C=O) groups excluding carboxylic acids is 1. The molecular formula is C12H18N2O3. The summed E-state index contributed by atoms with van der Waals surface area (Å²) in [6, 6.07) is 3.35. The molecule has 94 valence electrons. The summed E-state index contributed by atoms with van der Waals surface area (Å²) in [5.41, 5.74) is 0.416. The number of pyridine rings is 1. The Morgan fingerprint density at radius 1 is 1.65 bits per heavy atom. The summed E-state index contributed by atoms with van der Waals surface area (Å²) in [6.45, 7) is 4.63. The van der Waals surface area contributed by atoms with Crippen LogP contribution in [-0.4, -0.2) is 35.8 Å². The van der Waals surface area contributed by atoms with Crippen molar-refractivity contribution < 1.29 is 14.6 Å². The molecule has 1 heterocycles. The normalized spacial score (nSPS) is 11.9. The molecule has 0 aliphatic carbocycles. The zero-order valence-corrected chi connectivity index (χ0v) is 10.1. The van der Waals surface area contributed by atoms with Gasteiger partial charge in [0.2, 0.25) is 5.88 Å². The van der Waals surface area contributed by atoms with Gasteiger partial charge in [0.1, 0.15) is 5.56 Å². The van der Waals surface area contributed by atoms with E-state index in [4.69, 9.17) is 9.84 Å². The molecule has 1 atom stereocenters. The van der Waals surface area contributed by atoms with Crippen molar-refractivity contribution in [1.29, 1.82) is 0 Å². The first kappa shape index (κ1) is 13.4. The van der Waals surface area contributed by atoms with Crippen molar-refractivity contribution in [2.45, 2.75) is 13.8 Å². The molecule has 0 fully saturated rings. The topological polar surface area (TPSA) is 71.5 Å². The second-order valence-corrected chi connectivity index (χ2v) is 3.79. The maximum absolute atomic E-state index is 11.8. The predicted molar refractivity (Wildman–Crippen MR) is 64.0 cm³/mol. The van der Waals surface area contributed by atoms with Crippen molar-refractivity contribution in [1.82, 2.24) is 10.3 Å². The van der Waals surface area contributed by atoms with Crippen LogP contribution in [-0.2, 0) is 0 Å². The molecule has 0 saturated carbocycles. The molecule has 17 heavy (non-hydrogen) atoms. The summed E-state index contributed by atoms with van der Waals surface area (Å²) >= 11 is 0. The molecule has 1 aromatic rings. The van der Waals surface area contributed by atoms with Gasteiger partial charge in [0.25, 0.3) is 5.91 Å². The van der Waals surface area contributed by atoms with Crippen LogP contribution in [0.1, 0.15) is 24.2 Å². The Bertz CT molecular complexity index is 369. The van der Waals surface area contributed by atoms with Crippen LogP contribution in [0.3, 0.4) is 0 Å². The lowest BCUT2D eigenvalue weighted by atomic mass is 10.2. The first-order chi connectivity index (χ1) is 8.19. The fraction of sp³-hybridized carbons (Fsp3) is 0.500. The minimum absolute atomic E-state index is 0.0335. The van der Waals surface area contributed by atoms with Crippen LogP contribution in [0.2, 0.25) is 0 Å².